The molecule has 3 N–H and O–H groups in total. The van der Waals surface area contributed by atoms with Gasteiger partial charge in [-0.25, -0.2) is 0 Å². The monoisotopic (exact) mass is 888 g/mol. The van der Waals surface area contributed by atoms with Crippen molar-refractivity contribution >= 4 is 11.9 Å². The van der Waals surface area contributed by atoms with Gasteiger partial charge in [0.25, 0.3) is 0 Å². The van der Waals surface area contributed by atoms with Crippen LogP contribution in [0.1, 0.15) is 303 Å². The van der Waals surface area contributed by atoms with Crippen LogP contribution in [0.4, 0.5) is 0 Å². The molecule has 0 aliphatic heterocycles. The fraction of sp³-hybridized carbons (Fsp3) is 0.895. The number of unbranched alkanes of at least 4 members (excludes halogenated alkanes) is 35. The van der Waals surface area contributed by atoms with E-state index in [0.29, 0.717) is 19.3 Å². The maximum atomic E-state index is 13.2. The Morgan fingerprint density at radius 2 is 0.810 bits per heavy atom. The number of amides is 1. The van der Waals surface area contributed by atoms with E-state index in [2.05, 4.69) is 50.4 Å². The zero-order chi connectivity index (χ0) is 45.9. The van der Waals surface area contributed by atoms with Crippen LogP contribution >= 0.6 is 0 Å². The molecule has 0 aromatic carbocycles. The molecule has 0 fully saturated rings. The summed E-state index contributed by atoms with van der Waals surface area (Å²) in [4.78, 5) is 26.2. The van der Waals surface area contributed by atoms with Gasteiger partial charge < -0.3 is 20.3 Å². The van der Waals surface area contributed by atoms with Gasteiger partial charge in [0.2, 0.25) is 5.91 Å². The number of carbonyl (C=O) groups excluding carboxylic acids is 2. The van der Waals surface area contributed by atoms with Crippen LogP contribution in [-0.2, 0) is 14.3 Å². The number of ether oxygens (including phenoxy) is 1. The van der Waals surface area contributed by atoms with Crippen molar-refractivity contribution in [3.05, 3.63) is 24.3 Å². The summed E-state index contributed by atoms with van der Waals surface area (Å²) in [7, 11) is 0. The van der Waals surface area contributed by atoms with Crippen LogP contribution in [-0.4, -0.2) is 46.9 Å². The van der Waals surface area contributed by atoms with Gasteiger partial charge in [0, 0.05) is 6.42 Å². The van der Waals surface area contributed by atoms with E-state index in [1.54, 1.807) is 0 Å². The number of hydrogen-bond donors (Lipinski definition) is 3. The molecule has 0 rings (SSSR count). The molecule has 0 aliphatic rings. The standard InChI is InChI=1S/C57H109NO5/c1-4-7-10-13-16-19-22-24-26-27-28-29-30-32-35-38-41-44-47-50-57(62)63-53(48-45-42-39-36-34-31-25-23-20-17-14-11-8-5-2)51-56(61)58-54(52-59)55(60)49-46-43-40-37-33-21-18-15-12-9-6-3/h16,19,24,26,53-55,59-60H,4-15,17-18,20-23,25,27-52H2,1-3H3,(H,58,61)/b19-16-,26-24-. The van der Waals surface area contributed by atoms with Gasteiger partial charge in [-0.2, -0.15) is 0 Å². The first kappa shape index (κ1) is 61.3. The minimum Gasteiger partial charge on any atom is -0.462 e. The molecule has 0 aromatic rings. The average Bonchev–Trinajstić information content (AvgIpc) is 3.28. The highest BCUT2D eigenvalue weighted by molar-refractivity contribution is 5.77. The highest BCUT2D eigenvalue weighted by atomic mass is 16.5. The van der Waals surface area contributed by atoms with Crippen molar-refractivity contribution < 1.29 is 24.5 Å². The number of hydrogen-bond acceptors (Lipinski definition) is 5. The number of carbonyl (C=O) groups is 2. The third-order valence-electron chi connectivity index (χ3n) is 13.0. The summed E-state index contributed by atoms with van der Waals surface area (Å²) in [6, 6.07) is -0.697. The highest BCUT2D eigenvalue weighted by Crippen LogP contribution is 2.19. The smallest absolute Gasteiger partial charge is 0.306 e. The maximum absolute atomic E-state index is 13.2. The maximum Gasteiger partial charge on any atom is 0.306 e. The summed E-state index contributed by atoms with van der Waals surface area (Å²) in [5, 5.41) is 23.8. The molecule has 63 heavy (non-hydrogen) atoms. The van der Waals surface area contributed by atoms with Crippen LogP contribution in [0.15, 0.2) is 24.3 Å². The van der Waals surface area contributed by atoms with Gasteiger partial charge in [0.15, 0.2) is 0 Å². The first-order valence-corrected chi connectivity index (χ1v) is 28.1. The molecule has 0 saturated carbocycles. The Morgan fingerprint density at radius 1 is 0.460 bits per heavy atom. The number of allylic oxidation sites excluding steroid dienone is 4. The van der Waals surface area contributed by atoms with Crippen molar-refractivity contribution in [2.75, 3.05) is 6.61 Å². The SMILES string of the molecule is CCCCC/C=C\C/C=C\CCCCCCCCCCCC(=O)OC(CCCCCCCCCCCCCCCC)CC(=O)NC(CO)C(O)CCCCCCCCCCCCC. The molecule has 0 heterocycles. The largest absolute Gasteiger partial charge is 0.462 e. The van der Waals surface area contributed by atoms with Crippen molar-refractivity contribution in [1.29, 1.82) is 0 Å². The lowest BCUT2D eigenvalue weighted by atomic mass is 10.0. The van der Waals surface area contributed by atoms with Crippen molar-refractivity contribution in [3.63, 3.8) is 0 Å². The van der Waals surface area contributed by atoms with Crippen LogP contribution in [0.5, 0.6) is 0 Å². The highest BCUT2D eigenvalue weighted by Gasteiger charge is 2.24. The second kappa shape index (κ2) is 51.3. The van der Waals surface area contributed by atoms with Gasteiger partial charge >= 0.3 is 5.97 Å². The Morgan fingerprint density at radius 3 is 1.24 bits per heavy atom. The summed E-state index contributed by atoms with van der Waals surface area (Å²) in [5.74, 6) is -0.460. The lowest BCUT2D eigenvalue weighted by molar-refractivity contribution is -0.151. The van der Waals surface area contributed by atoms with E-state index in [0.717, 1.165) is 51.4 Å². The van der Waals surface area contributed by atoms with E-state index in [1.165, 1.54) is 205 Å². The third kappa shape index (κ3) is 46.7. The van der Waals surface area contributed by atoms with Crippen LogP contribution in [0.2, 0.25) is 0 Å². The second-order valence-electron chi connectivity index (χ2n) is 19.3. The first-order chi connectivity index (χ1) is 31.0. The summed E-state index contributed by atoms with van der Waals surface area (Å²) in [6.07, 6.45) is 59.5. The Balaban J connectivity index is 4.50. The van der Waals surface area contributed by atoms with Gasteiger partial charge in [0.1, 0.15) is 6.10 Å². The Kier molecular flexibility index (Phi) is 50.0. The fourth-order valence-electron chi connectivity index (χ4n) is 8.76. The Hall–Kier alpha value is -1.66. The van der Waals surface area contributed by atoms with Gasteiger partial charge in [-0.3, -0.25) is 9.59 Å². The van der Waals surface area contributed by atoms with E-state index >= 15 is 0 Å². The molecule has 0 aromatic heterocycles. The fourth-order valence-corrected chi connectivity index (χ4v) is 8.76. The summed E-state index contributed by atoms with van der Waals surface area (Å²) >= 11 is 0. The molecule has 0 spiro atoms. The van der Waals surface area contributed by atoms with Crippen molar-refractivity contribution in [2.24, 2.45) is 0 Å². The molecule has 3 atom stereocenters. The topological polar surface area (TPSA) is 95.9 Å². The molecule has 0 bridgehead atoms. The second-order valence-corrected chi connectivity index (χ2v) is 19.3. The molecular weight excluding hydrogens is 779 g/mol. The molecule has 6 nitrogen and oxygen atoms in total. The lowest BCUT2D eigenvalue weighted by Crippen LogP contribution is -2.46. The summed E-state index contributed by atoms with van der Waals surface area (Å²) in [6.45, 7) is 6.48. The van der Waals surface area contributed by atoms with Crippen molar-refractivity contribution in [3.8, 4) is 0 Å². The Labute approximate surface area is 392 Å². The number of aliphatic hydroxyl groups excluding tert-OH is 2. The zero-order valence-electron chi connectivity index (χ0n) is 42.5. The number of esters is 1. The van der Waals surface area contributed by atoms with E-state index in [-0.39, 0.29) is 24.9 Å². The first-order valence-electron chi connectivity index (χ1n) is 28.1. The molecule has 0 aliphatic carbocycles. The molecule has 0 radical (unpaired) electrons. The number of nitrogens with one attached hydrogen (secondary N) is 1. The molecule has 1 amide bonds. The van der Waals surface area contributed by atoms with Gasteiger partial charge in [-0.05, 0) is 57.8 Å². The quantitative estimate of drug-likeness (QED) is 0.0321. The van der Waals surface area contributed by atoms with Gasteiger partial charge in [-0.15, -0.1) is 0 Å². The van der Waals surface area contributed by atoms with E-state index in [1.807, 2.05) is 0 Å². The molecule has 372 valence electrons. The summed E-state index contributed by atoms with van der Waals surface area (Å²) < 4.78 is 5.96. The molecule has 0 saturated heterocycles. The summed E-state index contributed by atoms with van der Waals surface area (Å²) in [5.41, 5.74) is 0. The van der Waals surface area contributed by atoms with E-state index < -0.39 is 18.2 Å². The predicted octanol–water partition coefficient (Wildman–Crippen LogP) is 17.1. The Bertz CT molecular complexity index is 997. The molecular formula is C57H109NO5. The average molecular weight is 889 g/mol. The lowest BCUT2D eigenvalue weighted by Gasteiger charge is -2.24. The molecule has 3 unspecified atom stereocenters. The minimum absolute atomic E-state index is 0.0820. The van der Waals surface area contributed by atoms with Crippen LogP contribution in [0.3, 0.4) is 0 Å². The third-order valence-corrected chi connectivity index (χ3v) is 13.0. The normalized spacial score (nSPS) is 13.3. The van der Waals surface area contributed by atoms with Crippen LogP contribution in [0.25, 0.3) is 0 Å². The van der Waals surface area contributed by atoms with Gasteiger partial charge in [-0.1, -0.05) is 257 Å². The number of rotatable bonds is 51. The zero-order valence-corrected chi connectivity index (χ0v) is 42.5. The van der Waals surface area contributed by atoms with Gasteiger partial charge in [0.05, 0.1) is 25.2 Å². The predicted molar refractivity (Wildman–Crippen MR) is 273 cm³/mol. The van der Waals surface area contributed by atoms with Crippen LogP contribution < -0.4 is 5.32 Å². The van der Waals surface area contributed by atoms with Crippen LogP contribution in [0, 0.1) is 0 Å². The molecule has 6 heteroatoms. The minimum atomic E-state index is -0.783. The van der Waals surface area contributed by atoms with E-state index in [9.17, 15) is 19.8 Å². The van der Waals surface area contributed by atoms with Crippen molar-refractivity contribution in [1.82, 2.24) is 5.32 Å². The van der Waals surface area contributed by atoms with Crippen molar-refractivity contribution in [2.45, 2.75) is 322 Å². The van der Waals surface area contributed by atoms with E-state index in [4.69, 9.17) is 4.74 Å². The number of aliphatic hydroxyl groups is 2.